The average Bonchev–Trinajstić information content (AvgIpc) is 2.23. The van der Waals surface area contributed by atoms with E-state index < -0.39 is 48.0 Å². The van der Waals surface area contributed by atoms with Crippen LogP contribution in [-0.4, -0.2) is 50.3 Å². The Morgan fingerprint density at radius 1 is 1.00 bits per heavy atom. The third-order valence-corrected chi connectivity index (χ3v) is 5.57. The summed E-state index contributed by atoms with van der Waals surface area (Å²) < 4.78 is 47.0. The molecule has 0 saturated heterocycles. The van der Waals surface area contributed by atoms with Crippen LogP contribution in [0.15, 0.2) is 18.2 Å². The largest absolute Gasteiger partial charge is 0.478 e. The van der Waals surface area contributed by atoms with E-state index in [2.05, 4.69) is 0 Å². The normalized spacial score (nSPS) is 11.9. The summed E-state index contributed by atoms with van der Waals surface area (Å²) in [4.78, 5) is 21.7. The summed E-state index contributed by atoms with van der Waals surface area (Å²) in [5.41, 5.74) is -1.25. The lowest BCUT2D eigenvalue weighted by atomic mass is 10.1. The molecule has 0 spiro atoms. The molecular formula is C10H11NO8S2. The highest BCUT2D eigenvalue weighted by atomic mass is 32.3. The summed E-state index contributed by atoms with van der Waals surface area (Å²) in [5, 5.41) is 16.5. The van der Waals surface area contributed by atoms with E-state index in [1.165, 1.54) is 0 Å². The van der Waals surface area contributed by atoms with Gasteiger partial charge in [0.25, 0.3) is 0 Å². The Morgan fingerprint density at radius 3 is 1.76 bits per heavy atom. The molecule has 0 aliphatic heterocycles. The Morgan fingerprint density at radius 2 is 1.43 bits per heavy atom. The van der Waals surface area contributed by atoms with Crippen molar-refractivity contribution in [2.45, 2.75) is 0 Å². The molecule has 1 rings (SSSR count). The topological polar surface area (TPSA) is 155 Å². The van der Waals surface area contributed by atoms with Gasteiger partial charge in [0, 0.05) is 6.26 Å². The lowest BCUT2D eigenvalue weighted by Gasteiger charge is -2.09. The number of carboxylic acid groups (broad SMARTS) is 2. The summed E-state index contributed by atoms with van der Waals surface area (Å²) in [5.74, 6) is -2.91. The first-order chi connectivity index (χ1) is 9.39. The molecule has 0 fully saturated rings. The van der Waals surface area contributed by atoms with Crippen LogP contribution in [0.25, 0.3) is 0 Å². The molecule has 0 amide bonds. The summed E-state index contributed by atoms with van der Waals surface area (Å²) in [7, 11) is -8.14. The molecule has 0 aromatic heterocycles. The summed E-state index contributed by atoms with van der Waals surface area (Å²) in [6.07, 6.45) is 0.711. The Labute approximate surface area is 120 Å². The molecule has 0 bridgehead atoms. The molecule has 0 aliphatic carbocycles. The van der Waals surface area contributed by atoms with Crippen LogP contribution in [-0.2, 0) is 19.9 Å². The fraction of sp³-hybridized carbons (Fsp3) is 0.200. The number of anilines is 1. The minimum Gasteiger partial charge on any atom is -0.478 e. The highest BCUT2D eigenvalue weighted by Crippen LogP contribution is 2.17. The lowest BCUT2D eigenvalue weighted by Crippen LogP contribution is -2.22. The average molecular weight is 337 g/mol. The maximum Gasteiger partial charge on any atom is 0.335 e. The van der Waals surface area contributed by atoms with Gasteiger partial charge in [0.1, 0.15) is 0 Å². The Bertz CT molecular complexity index is 762. The fourth-order valence-corrected chi connectivity index (χ4v) is 4.39. The van der Waals surface area contributed by atoms with Crippen molar-refractivity contribution in [3.63, 3.8) is 0 Å². The Balaban J connectivity index is 3.25. The van der Waals surface area contributed by atoms with Crippen molar-refractivity contribution in [3.05, 3.63) is 29.3 Å². The van der Waals surface area contributed by atoms with E-state index in [-0.39, 0.29) is 5.69 Å². The van der Waals surface area contributed by atoms with Crippen LogP contribution in [0.4, 0.5) is 5.69 Å². The van der Waals surface area contributed by atoms with Gasteiger partial charge >= 0.3 is 11.9 Å². The molecule has 0 heterocycles. The third kappa shape index (κ3) is 5.39. The first-order valence-electron chi connectivity index (χ1n) is 5.19. The van der Waals surface area contributed by atoms with E-state index in [0.29, 0.717) is 6.26 Å². The Kier molecular flexibility index (Phi) is 4.59. The fourth-order valence-electron chi connectivity index (χ4n) is 1.42. The number of carboxylic acids is 2. The highest BCUT2D eigenvalue weighted by molar-refractivity contribution is 8.08. The van der Waals surface area contributed by atoms with Crippen LogP contribution in [0.1, 0.15) is 20.7 Å². The predicted molar refractivity (Wildman–Crippen MR) is 72.6 cm³/mol. The zero-order valence-electron chi connectivity index (χ0n) is 10.6. The van der Waals surface area contributed by atoms with Gasteiger partial charge in [-0.3, -0.25) is 4.72 Å². The molecule has 0 aliphatic rings. The molecule has 21 heavy (non-hydrogen) atoms. The van der Waals surface area contributed by atoms with Gasteiger partial charge in [-0.25, -0.2) is 26.4 Å². The van der Waals surface area contributed by atoms with E-state index in [1.807, 2.05) is 4.72 Å². The lowest BCUT2D eigenvalue weighted by molar-refractivity contribution is 0.0696. The van der Waals surface area contributed by atoms with Gasteiger partial charge in [-0.15, -0.1) is 0 Å². The maximum atomic E-state index is 11.6. The van der Waals surface area contributed by atoms with Gasteiger partial charge in [-0.2, -0.15) is 0 Å². The van der Waals surface area contributed by atoms with Crippen LogP contribution in [0.5, 0.6) is 0 Å². The minimum absolute atomic E-state index is 0.351. The number of aromatic carboxylic acids is 2. The van der Waals surface area contributed by atoms with E-state index in [9.17, 15) is 26.4 Å². The number of sulfone groups is 1. The second kappa shape index (κ2) is 5.69. The molecule has 9 nitrogen and oxygen atoms in total. The molecule has 0 unspecified atom stereocenters. The smallest absolute Gasteiger partial charge is 0.335 e. The number of hydrogen-bond acceptors (Lipinski definition) is 6. The minimum atomic E-state index is -4.30. The number of benzene rings is 1. The highest BCUT2D eigenvalue weighted by Gasteiger charge is 2.20. The number of sulfonamides is 1. The zero-order chi connectivity index (χ0) is 16.4. The van der Waals surface area contributed by atoms with Crippen molar-refractivity contribution in [3.8, 4) is 0 Å². The van der Waals surface area contributed by atoms with Crippen LogP contribution < -0.4 is 4.72 Å². The summed E-state index contributed by atoms with van der Waals surface area (Å²) in [6.45, 7) is 0. The number of carbonyl (C=O) groups is 2. The monoisotopic (exact) mass is 337 g/mol. The summed E-state index contributed by atoms with van der Waals surface area (Å²) in [6, 6.07) is 2.61. The second-order valence-electron chi connectivity index (χ2n) is 4.17. The number of hydrogen-bond donors (Lipinski definition) is 3. The van der Waals surface area contributed by atoms with Crippen LogP contribution in [0.2, 0.25) is 0 Å². The van der Waals surface area contributed by atoms with E-state index in [1.54, 1.807) is 0 Å². The van der Waals surface area contributed by atoms with Gasteiger partial charge < -0.3 is 10.2 Å². The first-order valence-corrected chi connectivity index (χ1v) is 8.91. The molecular weight excluding hydrogens is 326 g/mol. The maximum absolute atomic E-state index is 11.6. The molecule has 0 atom stereocenters. The number of nitrogens with one attached hydrogen (secondary N) is 1. The van der Waals surface area contributed by atoms with E-state index in [0.717, 1.165) is 18.2 Å². The second-order valence-corrected chi connectivity index (χ2v) is 8.40. The van der Waals surface area contributed by atoms with Crippen molar-refractivity contribution < 1.29 is 36.6 Å². The van der Waals surface area contributed by atoms with Crippen LogP contribution >= 0.6 is 0 Å². The van der Waals surface area contributed by atoms with E-state index in [4.69, 9.17) is 10.2 Å². The molecule has 0 radical (unpaired) electrons. The van der Waals surface area contributed by atoms with E-state index >= 15 is 0 Å². The van der Waals surface area contributed by atoms with Crippen LogP contribution in [0, 0.1) is 0 Å². The molecule has 0 saturated carbocycles. The predicted octanol–water partition coefficient (Wildman–Crippen LogP) is -0.173. The van der Waals surface area contributed by atoms with Crippen molar-refractivity contribution in [2.24, 2.45) is 0 Å². The van der Waals surface area contributed by atoms with Gasteiger partial charge in [-0.1, -0.05) is 0 Å². The molecule has 3 N–H and O–H groups in total. The molecule has 1 aromatic rings. The third-order valence-electron chi connectivity index (χ3n) is 2.07. The number of rotatable bonds is 6. The quantitative estimate of drug-likeness (QED) is 0.646. The molecule has 11 heteroatoms. The Hall–Kier alpha value is -2.14. The first kappa shape index (κ1) is 16.9. The van der Waals surface area contributed by atoms with Gasteiger partial charge in [0.15, 0.2) is 14.9 Å². The van der Waals surface area contributed by atoms with Crippen molar-refractivity contribution >= 4 is 37.5 Å². The van der Waals surface area contributed by atoms with Crippen LogP contribution in [0.3, 0.4) is 0 Å². The van der Waals surface area contributed by atoms with Crippen molar-refractivity contribution in [2.75, 3.05) is 16.1 Å². The van der Waals surface area contributed by atoms with Crippen molar-refractivity contribution in [1.82, 2.24) is 0 Å². The van der Waals surface area contributed by atoms with Crippen molar-refractivity contribution in [1.29, 1.82) is 0 Å². The van der Waals surface area contributed by atoms with Gasteiger partial charge in [-0.05, 0) is 18.2 Å². The van der Waals surface area contributed by atoms with Gasteiger partial charge in [0.05, 0.1) is 16.8 Å². The van der Waals surface area contributed by atoms with Gasteiger partial charge in [0.2, 0.25) is 10.0 Å². The molecule has 1 aromatic carbocycles. The SMILES string of the molecule is CS(=O)(=O)CS(=O)(=O)Nc1cc(C(=O)O)cc(C(=O)O)c1. The summed E-state index contributed by atoms with van der Waals surface area (Å²) >= 11 is 0. The standard InChI is InChI=1S/C10H11NO8S2/c1-20(16,17)5-21(18,19)11-8-3-6(9(12)13)2-7(4-8)10(14)15/h2-4,11H,5H2,1H3,(H,12,13)(H,14,15). The zero-order valence-corrected chi connectivity index (χ0v) is 12.2. The molecule has 116 valence electrons.